The van der Waals surface area contributed by atoms with Gasteiger partial charge in [0.15, 0.2) is 0 Å². The third kappa shape index (κ3) is 5.81. The Morgan fingerprint density at radius 2 is 1.76 bits per heavy atom. The summed E-state index contributed by atoms with van der Waals surface area (Å²) < 4.78 is 0. The van der Waals surface area contributed by atoms with Crippen LogP contribution in [0.5, 0.6) is 0 Å². The number of carbonyl (C=O) groups is 2. The molecule has 0 aromatic heterocycles. The number of amides is 3. The van der Waals surface area contributed by atoms with Crippen molar-refractivity contribution in [3.8, 4) is 0 Å². The molecule has 2 aromatic carbocycles. The lowest BCUT2D eigenvalue weighted by Crippen LogP contribution is -2.53. The fourth-order valence-electron chi connectivity index (χ4n) is 3.59. The molecule has 2 aromatic rings. The molecule has 2 unspecified atom stereocenters. The Kier molecular flexibility index (Phi) is 7.25. The van der Waals surface area contributed by atoms with Crippen LogP contribution in [0.15, 0.2) is 54.6 Å². The monoisotopic (exact) mass is 394 g/mol. The maximum Gasteiger partial charge on any atom is 0.315 e. The molecule has 1 aliphatic rings. The van der Waals surface area contributed by atoms with Crippen LogP contribution >= 0.6 is 0 Å². The lowest BCUT2D eigenvalue weighted by atomic mass is 9.94. The number of nitrogens with one attached hydrogen (secondary N) is 4. The first-order valence-electron chi connectivity index (χ1n) is 10.2. The normalized spacial score (nSPS) is 16.6. The number of benzene rings is 2. The zero-order valence-electron chi connectivity index (χ0n) is 17.1. The van der Waals surface area contributed by atoms with E-state index in [2.05, 4.69) is 33.4 Å². The van der Waals surface area contributed by atoms with Crippen molar-refractivity contribution < 1.29 is 9.59 Å². The third-order valence-electron chi connectivity index (χ3n) is 5.23. The van der Waals surface area contributed by atoms with E-state index in [-0.39, 0.29) is 23.9 Å². The molecule has 154 valence electrons. The lowest BCUT2D eigenvalue weighted by molar-refractivity contribution is -0.124. The Morgan fingerprint density at radius 3 is 2.52 bits per heavy atom. The van der Waals surface area contributed by atoms with Crippen LogP contribution in [0.2, 0.25) is 0 Å². The fraction of sp³-hybridized carbons (Fsp3) is 0.391. The lowest BCUT2D eigenvalue weighted by Gasteiger charge is -2.28. The number of urea groups is 1. The summed E-state index contributed by atoms with van der Waals surface area (Å²) in [5.41, 5.74) is 3.56. The highest BCUT2D eigenvalue weighted by Gasteiger charge is 2.26. The molecule has 4 N–H and O–H groups in total. The van der Waals surface area contributed by atoms with Crippen LogP contribution in [0, 0.1) is 5.92 Å². The molecule has 1 heterocycles. The van der Waals surface area contributed by atoms with Gasteiger partial charge in [-0.25, -0.2) is 4.79 Å². The van der Waals surface area contributed by atoms with Gasteiger partial charge in [-0.2, -0.15) is 0 Å². The molecule has 0 saturated carbocycles. The van der Waals surface area contributed by atoms with Crippen molar-refractivity contribution in [3.63, 3.8) is 0 Å². The summed E-state index contributed by atoms with van der Waals surface area (Å²) in [5.74, 6) is -0.191. The molecule has 29 heavy (non-hydrogen) atoms. The van der Waals surface area contributed by atoms with Gasteiger partial charge < -0.3 is 21.3 Å². The van der Waals surface area contributed by atoms with Crippen molar-refractivity contribution in [2.24, 2.45) is 5.92 Å². The van der Waals surface area contributed by atoms with Gasteiger partial charge in [0.05, 0.1) is 0 Å². The first kappa shape index (κ1) is 20.9. The fourth-order valence-corrected chi connectivity index (χ4v) is 3.59. The van der Waals surface area contributed by atoms with Crippen LogP contribution in [0.3, 0.4) is 0 Å². The van der Waals surface area contributed by atoms with E-state index in [9.17, 15) is 9.59 Å². The Labute approximate surface area is 172 Å². The maximum absolute atomic E-state index is 12.8. The highest BCUT2D eigenvalue weighted by atomic mass is 16.2. The number of fused-ring (bicyclic) bond motifs is 1. The average Bonchev–Trinajstić information content (AvgIpc) is 2.74. The van der Waals surface area contributed by atoms with Crippen LogP contribution in [0.4, 0.5) is 4.79 Å². The molecule has 6 heteroatoms. The van der Waals surface area contributed by atoms with Crippen molar-refractivity contribution in [1.82, 2.24) is 21.3 Å². The second kappa shape index (κ2) is 10.1. The largest absolute Gasteiger partial charge is 0.352 e. The highest BCUT2D eigenvalue weighted by Crippen LogP contribution is 2.21. The first-order valence-corrected chi connectivity index (χ1v) is 10.2. The quantitative estimate of drug-likeness (QED) is 0.582. The Hall–Kier alpha value is -2.86. The molecule has 0 spiro atoms. The van der Waals surface area contributed by atoms with E-state index < -0.39 is 6.04 Å². The topological polar surface area (TPSA) is 82.3 Å². The van der Waals surface area contributed by atoms with Gasteiger partial charge in [-0.05, 0) is 35.6 Å². The molecule has 0 saturated heterocycles. The summed E-state index contributed by atoms with van der Waals surface area (Å²) in [6, 6.07) is 17.1. The van der Waals surface area contributed by atoms with Gasteiger partial charge in [-0.3, -0.25) is 4.79 Å². The zero-order chi connectivity index (χ0) is 20.6. The van der Waals surface area contributed by atoms with Gasteiger partial charge in [-0.1, -0.05) is 68.4 Å². The summed E-state index contributed by atoms with van der Waals surface area (Å²) in [6.45, 7) is 5.66. The van der Waals surface area contributed by atoms with Crippen LogP contribution < -0.4 is 21.3 Å². The van der Waals surface area contributed by atoms with E-state index >= 15 is 0 Å². The molecule has 0 radical (unpaired) electrons. The predicted molar refractivity (Wildman–Crippen MR) is 114 cm³/mol. The Balaban J connectivity index is 1.52. The molecule has 2 atom stereocenters. The number of hydrogen-bond donors (Lipinski definition) is 4. The summed E-state index contributed by atoms with van der Waals surface area (Å²) >= 11 is 0. The number of rotatable bonds is 7. The SMILES string of the molecule is CC(C)C(NC(=O)NCc1ccccc1)C(=O)NCC1NCCc2ccccc21. The van der Waals surface area contributed by atoms with E-state index in [0.717, 1.165) is 18.5 Å². The zero-order valence-corrected chi connectivity index (χ0v) is 17.1. The van der Waals surface area contributed by atoms with Crippen molar-refractivity contribution in [2.45, 2.75) is 38.9 Å². The smallest absolute Gasteiger partial charge is 0.315 e. The van der Waals surface area contributed by atoms with E-state index in [4.69, 9.17) is 0 Å². The summed E-state index contributed by atoms with van der Waals surface area (Å²) in [4.78, 5) is 25.1. The van der Waals surface area contributed by atoms with Crippen LogP contribution in [0.25, 0.3) is 0 Å². The van der Waals surface area contributed by atoms with Crippen LogP contribution in [0.1, 0.15) is 36.6 Å². The van der Waals surface area contributed by atoms with Crippen molar-refractivity contribution >= 4 is 11.9 Å². The van der Waals surface area contributed by atoms with E-state index in [1.165, 1.54) is 11.1 Å². The molecule has 0 bridgehead atoms. The van der Waals surface area contributed by atoms with Gasteiger partial charge in [0.2, 0.25) is 5.91 Å². The van der Waals surface area contributed by atoms with Gasteiger partial charge in [0.1, 0.15) is 6.04 Å². The van der Waals surface area contributed by atoms with Gasteiger partial charge in [0, 0.05) is 19.1 Å². The van der Waals surface area contributed by atoms with E-state index in [0.29, 0.717) is 13.1 Å². The first-order chi connectivity index (χ1) is 14.0. The third-order valence-corrected chi connectivity index (χ3v) is 5.23. The maximum atomic E-state index is 12.8. The summed E-state index contributed by atoms with van der Waals surface area (Å²) in [5, 5.41) is 12.1. The number of carbonyl (C=O) groups excluding carboxylic acids is 2. The van der Waals surface area contributed by atoms with E-state index in [1.54, 1.807) is 0 Å². The molecule has 1 aliphatic heterocycles. The van der Waals surface area contributed by atoms with Crippen molar-refractivity contribution in [2.75, 3.05) is 13.1 Å². The predicted octanol–water partition coefficient (Wildman–Crippen LogP) is 2.51. The molecule has 6 nitrogen and oxygen atoms in total. The van der Waals surface area contributed by atoms with Gasteiger partial charge in [-0.15, -0.1) is 0 Å². The van der Waals surface area contributed by atoms with Gasteiger partial charge >= 0.3 is 6.03 Å². The summed E-state index contributed by atoms with van der Waals surface area (Å²) in [7, 11) is 0. The highest BCUT2D eigenvalue weighted by molar-refractivity contribution is 5.87. The number of hydrogen-bond acceptors (Lipinski definition) is 3. The van der Waals surface area contributed by atoms with Crippen LogP contribution in [-0.4, -0.2) is 31.1 Å². The second-order valence-corrected chi connectivity index (χ2v) is 7.73. The van der Waals surface area contributed by atoms with Gasteiger partial charge in [0.25, 0.3) is 0 Å². The van der Waals surface area contributed by atoms with Crippen molar-refractivity contribution in [1.29, 1.82) is 0 Å². The molecule has 0 fully saturated rings. The van der Waals surface area contributed by atoms with Crippen LogP contribution in [-0.2, 0) is 17.8 Å². The molecular weight excluding hydrogens is 364 g/mol. The minimum absolute atomic E-state index is 0.0240. The minimum atomic E-state index is -0.593. The average molecular weight is 395 g/mol. The molecule has 3 rings (SSSR count). The molecular formula is C23H30N4O2. The molecule has 0 aliphatic carbocycles. The van der Waals surface area contributed by atoms with E-state index in [1.807, 2.05) is 56.3 Å². The standard InChI is InChI=1S/C23H30N4O2/c1-16(2)21(27-23(29)26-14-17-8-4-3-5-9-17)22(28)25-15-20-19-11-7-6-10-18(19)12-13-24-20/h3-11,16,20-21,24H,12-15H2,1-2H3,(H,25,28)(H2,26,27,29). The Morgan fingerprint density at radius 1 is 1.03 bits per heavy atom. The second-order valence-electron chi connectivity index (χ2n) is 7.73. The molecule has 3 amide bonds. The summed E-state index contributed by atoms with van der Waals surface area (Å²) in [6.07, 6.45) is 0.998. The minimum Gasteiger partial charge on any atom is -0.352 e. The van der Waals surface area contributed by atoms with Crippen molar-refractivity contribution in [3.05, 3.63) is 71.3 Å². The Bertz CT molecular complexity index is 823.